The Bertz CT molecular complexity index is 1690. The predicted molar refractivity (Wildman–Crippen MR) is 121 cm³/mol. The normalized spacial score (nSPS) is 11.9. The number of hydrogen-bond acceptors (Lipinski definition) is 3. The zero-order valence-electron chi connectivity index (χ0n) is 17.3. The van der Waals surface area contributed by atoms with E-state index in [1.54, 1.807) is 22.7 Å². The minimum absolute atomic E-state index is 0.308. The first-order valence-corrected chi connectivity index (χ1v) is 10.1. The molecule has 0 radical (unpaired) electrons. The van der Waals surface area contributed by atoms with E-state index < -0.39 is 0 Å². The molecule has 0 bridgehead atoms. The summed E-state index contributed by atoms with van der Waals surface area (Å²) in [7, 11) is 3.81. The van der Waals surface area contributed by atoms with Crippen molar-refractivity contribution in [3.05, 3.63) is 72.6 Å². The van der Waals surface area contributed by atoms with Crippen LogP contribution >= 0.6 is 0 Å². The fourth-order valence-corrected chi connectivity index (χ4v) is 4.40. The van der Waals surface area contributed by atoms with E-state index in [1.807, 2.05) is 41.7 Å². The van der Waals surface area contributed by atoms with Gasteiger partial charge in [-0.15, -0.1) is 0 Å². The second kappa shape index (κ2) is 6.40. The summed E-state index contributed by atoms with van der Waals surface area (Å²) < 4.78 is 33.3. The lowest BCUT2D eigenvalue weighted by atomic mass is 10.1. The molecule has 6 rings (SSSR count). The Labute approximate surface area is 181 Å². The summed E-state index contributed by atoms with van der Waals surface area (Å²) >= 11 is 0. The standard InChI is InChI=1S/C24H18F2N6/c1-30-11-17(15-7-13(25)3-5-21(15)30)19-9-23(27)32-24(28-19)10-20(29-32)18-12-31(2)22-6-4-14(26)8-16(18)22/h3-12H,27H2,1-2H3. The van der Waals surface area contributed by atoms with E-state index >= 15 is 0 Å². The number of aryl methyl sites for hydroxylation is 2. The second-order valence-corrected chi connectivity index (χ2v) is 8.00. The van der Waals surface area contributed by atoms with Crippen LogP contribution in [0.1, 0.15) is 0 Å². The number of nitrogens with two attached hydrogens (primary N) is 1. The number of hydrogen-bond donors (Lipinski definition) is 1. The van der Waals surface area contributed by atoms with Crippen molar-refractivity contribution in [2.45, 2.75) is 0 Å². The highest BCUT2D eigenvalue weighted by atomic mass is 19.1. The number of halogens is 2. The van der Waals surface area contributed by atoms with Gasteiger partial charge in [-0.25, -0.2) is 13.8 Å². The smallest absolute Gasteiger partial charge is 0.158 e. The summed E-state index contributed by atoms with van der Waals surface area (Å²) in [6, 6.07) is 12.9. The highest BCUT2D eigenvalue weighted by Crippen LogP contribution is 2.33. The van der Waals surface area contributed by atoms with Crippen molar-refractivity contribution in [3.63, 3.8) is 0 Å². The van der Waals surface area contributed by atoms with Crippen molar-refractivity contribution in [2.75, 3.05) is 5.73 Å². The molecule has 0 aliphatic carbocycles. The van der Waals surface area contributed by atoms with E-state index in [4.69, 9.17) is 10.7 Å². The van der Waals surface area contributed by atoms with Crippen molar-refractivity contribution in [1.82, 2.24) is 23.7 Å². The first-order chi connectivity index (χ1) is 15.4. The summed E-state index contributed by atoms with van der Waals surface area (Å²) in [5.74, 6) is -0.221. The molecule has 0 aliphatic rings. The Balaban J connectivity index is 1.56. The monoisotopic (exact) mass is 428 g/mol. The molecule has 4 heterocycles. The van der Waals surface area contributed by atoms with Gasteiger partial charge >= 0.3 is 0 Å². The van der Waals surface area contributed by atoms with E-state index in [-0.39, 0.29) is 11.6 Å². The zero-order valence-corrected chi connectivity index (χ0v) is 17.3. The Kier molecular flexibility index (Phi) is 3.71. The predicted octanol–water partition coefficient (Wildman–Crippen LogP) is 4.91. The number of fused-ring (bicyclic) bond motifs is 3. The first kappa shape index (κ1) is 18.6. The summed E-state index contributed by atoms with van der Waals surface area (Å²) in [4.78, 5) is 4.75. The van der Waals surface area contributed by atoms with Gasteiger partial charge in [0.25, 0.3) is 0 Å². The molecule has 32 heavy (non-hydrogen) atoms. The second-order valence-electron chi connectivity index (χ2n) is 8.00. The van der Waals surface area contributed by atoms with Gasteiger partial charge in [-0.1, -0.05) is 0 Å². The van der Waals surface area contributed by atoms with E-state index in [9.17, 15) is 8.78 Å². The highest BCUT2D eigenvalue weighted by Gasteiger charge is 2.17. The molecule has 2 aromatic carbocycles. The molecule has 0 atom stereocenters. The molecule has 6 nitrogen and oxygen atoms in total. The van der Waals surface area contributed by atoms with Gasteiger partial charge in [0.15, 0.2) is 5.65 Å². The van der Waals surface area contributed by atoms with Crippen molar-refractivity contribution in [3.8, 4) is 22.5 Å². The van der Waals surface area contributed by atoms with Gasteiger partial charge in [-0.2, -0.15) is 9.61 Å². The van der Waals surface area contributed by atoms with Crippen LogP contribution in [0.2, 0.25) is 0 Å². The molecular formula is C24H18F2N6. The topological polar surface area (TPSA) is 66.1 Å². The van der Waals surface area contributed by atoms with Crippen LogP contribution in [0.15, 0.2) is 60.9 Å². The maximum absolute atomic E-state index is 13.9. The van der Waals surface area contributed by atoms with Crippen LogP contribution in [0.5, 0.6) is 0 Å². The fraction of sp³-hybridized carbons (Fsp3) is 0.0833. The van der Waals surface area contributed by atoms with Gasteiger partial charge < -0.3 is 14.9 Å². The fourth-order valence-electron chi connectivity index (χ4n) is 4.40. The lowest BCUT2D eigenvalue weighted by Gasteiger charge is -2.03. The van der Waals surface area contributed by atoms with Crippen LogP contribution in [0.25, 0.3) is 50.0 Å². The van der Waals surface area contributed by atoms with Crippen LogP contribution in [0.3, 0.4) is 0 Å². The van der Waals surface area contributed by atoms with Gasteiger partial charge in [-0.05, 0) is 36.4 Å². The van der Waals surface area contributed by atoms with Crippen molar-refractivity contribution in [2.24, 2.45) is 14.1 Å². The Hall–Kier alpha value is -4.20. The number of benzene rings is 2. The molecule has 0 amide bonds. The number of aromatic nitrogens is 5. The average Bonchev–Trinajstić information content (AvgIpc) is 3.42. The summed E-state index contributed by atoms with van der Waals surface area (Å²) in [6.45, 7) is 0. The lowest BCUT2D eigenvalue weighted by Crippen LogP contribution is -2.01. The van der Waals surface area contributed by atoms with Crippen molar-refractivity contribution < 1.29 is 8.78 Å². The Morgan fingerprint density at radius 3 is 1.91 bits per heavy atom. The lowest BCUT2D eigenvalue weighted by molar-refractivity contribution is 0.629. The van der Waals surface area contributed by atoms with Crippen molar-refractivity contribution in [1.29, 1.82) is 0 Å². The molecule has 8 heteroatoms. The number of nitrogen functional groups attached to an aromatic ring is 1. The maximum atomic E-state index is 13.9. The van der Waals surface area contributed by atoms with Gasteiger partial charge in [0.1, 0.15) is 17.5 Å². The molecule has 6 aromatic rings. The number of nitrogens with zero attached hydrogens (tertiary/aromatic N) is 5. The molecule has 0 fully saturated rings. The highest BCUT2D eigenvalue weighted by molar-refractivity contribution is 5.97. The Morgan fingerprint density at radius 1 is 0.750 bits per heavy atom. The minimum Gasteiger partial charge on any atom is -0.384 e. The summed E-state index contributed by atoms with van der Waals surface area (Å²) in [5, 5.41) is 6.14. The van der Waals surface area contributed by atoms with Gasteiger partial charge in [0, 0.05) is 71.6 Å². The van der Waals surface area contributed by atoms with Crippen LogP contribution in [-0.4, -0.2) is 23.7 Å². The quantitative estimate of drug-likeness (QED) is 0.426. The van der Waals surface area contributed by atoms with E-state index in [1.165, 1.54) is 24.3 Å². The summed E-state index contributed by atoms with van der Waals surface area (Å²) in [6.07, 6.45) is 3.82. The third kappa shape index (κ3) is 2.62. The molecule has 4 aromatic heterocycles. The third-order valence-electron chi connectivity index (χ3n) is 5.91. The molecule has 0 saturated carbocycles. The van der Waals surface area contributed by atoms with Crippen LogP contribution in [0.4, 0.5) is 14.6 Å². The number of anilines is 1. The molecule has 2 N–H and O–H groups in total. The van der Waals surface area contributed by atoms with Crippen LogP contribution in [0, 0.1) is 11.6 Å². The van der Waals surface area contributed by atoms with E-state index in [2.05, 4.69) is 5.10 Å². The summed E-state index contributed by atoms with van der Waals surface area (Å²) in [5.41, 5.74) is 11.5. The van der Waals surface area contributed by atoms with Gasteiger partial charge in [0.05, 0.1) is 11.4 Å². The average molecular weight is 428 g/mol. The minimum atomic E-state index is -0.311. The SMILES string of the molecule is Cn1cc(-c2cc(N)n3nc(-c4cn(C)c5ccc(F)cc45)cc3n2)c2cc(F)ccc21. The molecule has 0 spiro atoms. The van der Waals surface area contributed by atoms with Crippen LogP contribution < -0.4 is 5.73 Å². The first-order valence-electron chi connectivity index (χ1n) is 10.1. The third-order valence-corrected chi connectivity index (χ3v) is 5.91. The number of rotatable bonds is 2. The molecule has 0 saturated heterocycles. The molecular weight excluding hydrogens is 410 g/mol. The Morgan fingerprint density at radius 2 is 1.31 bits per heavy atom. The van der Waals surface area contributed by atoms with Gasteiger partial charge in [0.2, 0.25) is 0 Å². The van der Waals surface area contributed by atoms with Crippen molar-refractivity contribution >= 4 is 33.3 Å². The molecule has 0 aliphatic heterocycles. The van der Waals surface area contributed by atoms with E-state index in [0.717, 1.165) is 32.9 Å². The largest absolute Gasteiger partial charge is 0.384 e. The molecule has 158 valence electrons. The van der Waals surface area contributed by atoms with Gasteiger partial charge in [-0.3, -0.25) is 0 Å². The molecule has 0 unspecified atom stereocenters. The van der Waals surface area contributed by atoms with E-state index in [0.29, 0.717) is 22.9 Å². The maximum Gasteiger partial charge on any atom is 0.158 e. The zero-order chi connectivity index (χ0) is 22.1. The van der Waals surface area contributed by atoms with Crippen LogP contribution in [-0.2, 0) is 14.1 Å².